The van der Waals surface area contributed by atoms with Crippen LogP contribution in [0.3, 0.4) is 0 Å². The van der Waals surface area contributed by atoms with Gasteiger partial charge in [0, 0.05) is 39.0 Å². The van der Waals surface area contributed by atoms with Crippen LogP contribution in [0.4, 0.5) is 0 Å². The molecular formula is C19H27N5O2S. The van der Waals surface area contributed by atoms with E-state index in [1.807, 2.05) is 37.7 Å². The summed E-state index contributed by atoms with van der Waals surface area (Å²) in [5, 5.41) is 12.3. The predicted molar refractivity (Wildman–Crippen MR) is 106 cm³/mol. The van der Waals surface area contributed by atoms with Gasteiger partial charge in [-0.1, -0.05) is 6.07 Å². The molecule has 2 N–H and O–H groups in total. The van der Waals surface area contributed by atoms with Gasteiger partial charge in [-0.2, -0.15) is 5.10 Å². The molecule has 0 aromatic carbocycles. The topological polar surface area (TPSA) is 81.3 Å². The summed E-state index contributed by atoms with van der Waals surface area (Å²) in [6.07, 6.45) is 2.48. The molecule has 2 aromatic heterocycles. The van der Waals surface area contributed by atoms with Crippen LogP contribution < -0.4 is 5.32 Å². The van der Waals surface area contributed by atoms with Gasteiger partial charge in [-0.05, 0) is 37.4 Å². The van der Waals surface area contributed by atoms with Crippen molar-refractivity contribution in [2.75, 3.05) is 20.6 Å². The molecule has 1 fully saturated rings. The van der Waals surface area contributed by atoms with Crippen LogP contribution >= 0.6 is 11.3 Å². The van der Waals surface area contributed by atoms with Crippen LogP contribution in [0.15, 0.2) is 23.6 Å². The zero-order chi connectivity index (χ0) is 19.4. The van der Waals surface area contributed by atoms with E-state index in [9.17, 15) is 9.59 Å². The van der Waals surface area contributed by atoms with Crippen LogP contribution in [-0.4, -0.2) is 64.5 Å². The largest absolute Gasteiger partial charge is 0.355 e. The molecule has 3 heterocycles. The SMILES string of the molecule is CC(=O)NC[C@H]1CC[C@@H](CC(=O)N(C)Cc2cc(-c3cccs3)n[nH]2)N1C. The Morgan fingerprint density at radius 3 is 2.89 bits per heavy atom. The van der Waals surface area contributed by atoms with E-state index in [1.165, 1.54) is 6.92 Å². The number of amides is 2. The van der Waals surface area contributed by atoms with Crippen molar-refractivity contribution < 1.29 is 9.59 Å². The second kappa shape index (κ2) is 8.67. The molecule has 3 rings (SSSR count). The minimum absolute atomic E-state index is 0.0101. The Balaban J connectivity index is 1.50. The third-order valence-electron chi connectivity index (χ3n) is 5.22. The minimum Gasteiger partial charge on any atom is -0.355 e. The Labute approximate surface area is 163 Å². The summed E-state index contributed by atoms with van der Waals surface area (Å²) in [7, 11) is 3.87. The fourth-order valence-corrected chi connectivity index (χ4v) is 4.22. The van der Waals surface area contributed by atoms with Gasteiger partial charge < -0.3 is 10.2 Å². The van der Waals surface area contributed by atoms with E-state index >= 15 is 0 Å². The van der Waals surface area contributed by atoms with Crippen molar-refractivity contribution in [3.63, 3.8) is 0 Å². The summed E-state index contributed by atoms with van der Waals surface area (Å²) < 4.78 is 0. The Morgan fingerprint density at radius 1 is 1.41 bits per heavy atom. The zero-order valence-electron chi connectivity index (χ0n) is 16.1. The predicted octanol–water partition coefficient (Wildman–Crippen LogP) is 2.09. The van der Waals surface area contributed by atoms with Crippen LogP contribution in [-0.2, 0) is 16.1 Å². The first kappa shape index (κ1) is 19.6. The number of aromatic amines is 1. The van der Waals surface area contributed by atoms with Gasteiger partial charge in [0.05, 0.1) is 17.1 Å². The van der Waals surface area contributed by atoms with Crippen LogP contribution in [0.2, 0.25) is 0 Å². The molecule has 146 valence electrons. The average molecular weight is 390 g/mol. The first-order chi connectivity index (χ1) is 12.9. The van der Waals surface area contributed by atoms with Crippen LogP contribution in [0.1, 0.15) is 31.9 Å². The van der Waals surface area contributed by atoms with Crippen LogP contribution in [0, 0.1) is 0 Å². The highest BCUT2D eigenvalue weighted by Crippen LogP contribution is 2.25. The summed E-state index contributed by atoms with van der Waals surface area (Å²) in [5.74, 6) is 0.114. The molecule has 1 saturated heterocycles. The number of likely N-dealkylation sites (tertiary alicyclic amines) is 1. The maximum atomic E-state index is 12.7. The van der Waals surface area contributed by atoms with Crippen molar-refractivity contribution >= 4 is 23.2 Å². The second-order valence-corrected chi connectivity index (χ2v) is 8.14. The number of thiophene rings is 1. The molecule has 2 aromatic rings. The molecule has 2 amide bonds. The van der Waals surface area contributed by atoms with E-state index in [1.54, 1.807) is 16.2 Å². The summed E-state index contributed by atoms with van der Waals surface area (Å²) in [5.41, 5.74) is 1.84. The van der Waals surface area contributed by atoms with Gasteiger partial charge in [-0.25, -0.2) is 0 Å². The smallest absolute Gasteiger partial charge is 0.224 e. The van der Waals surface area contributed by atoms with Crippen molar-refractivity contribution in [1.82, 2.24) is 25.3 Å². The standard InChI is InChI=1S/C19H27N5O2S/c1-13(25)20-11-16-7-6-15(24(16)3)10-19(26)23(2)12-14-9-17(22-21-14)18-5-4-8-27-18/h4-5,8-9,15-16H,6-7,10-12H2,1-3H3,(H,20,25)(H,21,22)/t15-,16+/m0/s1. The van der Waals surface area contributed by atoms with Gasteiger partial charge in [0.1, 0.15) is 5.69 Å². The lowest BCUT2D eigenvalue weighted by Gasteiger charge is -2.27. The van der Waals surface area contributed by atoms with Crippen molar-refractivity contribution in [2.45, 2.75) is 44.8 Å². The number of nitrogens with one attached hydrogen (secondary N) is 2. The van der Waals surface area contributed by atoms with Crippen molar-refractivity contribution in [3.8, 4) is 10.6 Å². The van der Waals surface area contributed by atoms with Gasteiger partial charge in [0.25, 0.3) is 0 Å². The molecular weight excluding hydrogens is 362 g/mol. The molecule has 8 heteroatoms. The first-order valence-corrected chi connectivity index (χ1v) is 10.1. The number of nitrogens with zero attached hydrogens (tertiary/aromatic N) is 3. The molecule has 0 spiro atoms. The summed E-state index contributed by atoms with van der Waals surface area (Å²) in [4.78, 5) is 28.9. The zero-order valence-corrected chi connectivity index (χ0v) is 16.9. The number of carbonyl (C=O) groups excluding carboxylic acids is 2. The van der Waals surface area contributed by atoms with Crippen LogP contribution in [0.25, 0.3) is 10.6 Å². The molecule has 2 atom stereocenters. The highest BCUT2D eigenvalue weighted by Gasteiger charge is 2.32. The Kier molecular flexibility index (Phi) is 6.28. The molecule has 27 heavy (non-hydrogen) atoms. The lowest BCUT2D eigenvalue weighted by molar-refractivity contribution is -0.131. The van der Waals surface area contributed by atoms with E-state index in [0.29, 0.717) is 25.6 Å². The maximum Gasteiger partial charge on any atom is 0.224 e. The highest BCUT2D eigenvalue weighted by molar-refractivity contribution is 7.13. The van der Waals surface area contributed by atoms with E-state index in [4.69, 9.17) is 0 Å². The number of rotatable bonds is 7. The van der Waals surface area contributed by atoms with Gasteiger partial charge in [-0.3, -0.25) is 19.6 Å². The second-order valence-electron chi connectivity index (χ2n) is 7.20. The molecule has 0 bridgehead atoms. The first-order valence-electron chi connectivity index (χ1n) is 9.22. The van der Waals surface area contributed by atoms with Crippen LogP contribution in [0.5, 0.6) is 0 Å². The van der Waals surface area contributed by atoms with Gasteiger partial charge in [0.2, 0.25) is 11.8 Å². The van der Waals surface area contributed by atoms with Crippen molar-refractivity contribution in [1.29, 1.82) is 0 Å². The third kappa shape index (κ3) is 4.95. The third-order valence-corrected chi connectivity index (χ3v) is 6.11. The lowest BCUT2D eigenvalue weighted by Crippen LogP contribution is -2.42. The molecule has 1 aliphatic rings. The molecule has 7 nitrogen and oxygen atoms in total. The normalized spacial score (nSPS) is 20.0. The number of aromatic nitrogens is 2. The average Bonchev–Trinajstić information content (AvgIpc) is 3.36. The number of hydrogen-bond donors (Lipinski definition) is 2. The number of likely N-dealkylation sites (N-methyl/N-ethyl adjacent to an activating group) is 1. The lowest BCUT2D eigenvalue weighted by atomic mass is 10.1. The number of carbonyl (C=O) groups is 2. The summed E-state index contributed by atoms with van der Waals surface area (Å²) in [6, 6.07) is 6.56. The fourth-order valence-electron chi connectivity index (χ4n) is 3.54. The minimum atomic E-state index is -0.0101. The molecule has 0 aliphatic carbocycles. The Bertz CT molecular complexity index is 773. The fraction of sp³-hybridized carbons (Fsp3) is 0.526. The number of hydrogen-bond acceptors (Lipinski definition) is 5. The molecule has 0 radical (unpaired) electrons. The molecule has 0 unspecified atom stereocenters. The van der Waals surface area contributed by atoms with E-state index < -0.39 is 0 Å². The van der Waals surface area contributed by atoms with Gasteiger partial charge >= 0.3 is 0 Å². The monoisotopic (exact) mass is 389 g/mol. The molecule has 1 aliphatic heterocycles. The summed E-state index contributed by atoms with van der Waals surface area (Å²) in [6.45, 7) is 2.69. The van der Waals surface area contributed by atoms with E-state index in [-0.39, 0.29) is 17.9 Å². The van der Waals surface area contributed by atoms with Gasteiger partial charge in [0.15, 0.2) is 0 Å². The maximum absolute atomic E-state index is 12.7. The Hall–Kier alpha value is -2.19. The quantitative estimate of drug-likeness (QED) is 0.760. The molecule has 0 saturated carbocycles. The summed E-state index contributed by atoms with van der Waals surface area (Å²) >= 11 is 1.65. The highest BCUT2D eigenvalue weighted by atomic mass is 32.1. The van der Waals surface area contributed by atoms with Crippen molar-refractivity contribution in [3.05, 3.63) is 29.3 Å². The van der Waals surface area contributed by atoms with Gasteiger partial charge in [-0.15, -0.1) is 11.3 Å². The van der Waals surface area contributed by atoms with E-state index in [2.05, 4.69) is 20.4 Å². The van der Waals surface area contributed by atoms with E-state index in [0.717, 1.165) is 29.1 Å². The number of H-pyrrole nitrogens is 1. The Morgan fingerprint density at radius 2 is 2.19 bits per heavy atom. The van der Waals surface area contributed by atoms with Crippen molar-refractivity contribution in [2.24, 2.45) is 0 Å².